The molecule has 2 aromatic heterocycles. The Morgan fingerprint density at radius 3 is 2.59 bits per heavy atom. The molecular formula is C21H25ClN6O. The van der Waals surface area contributed by atoms with Crippen LogP contribution < -0.4 is 16.3 Å². The largest absolute Gasteiger partial charge is 0.384 e. The molecule has 1 aliphatic heterocycles. The molecule has 0 radical (unpaired) electrons. The predicted molar refractivity (Wildman–Crippen MR) is 118 cm³/mol. The minimum absolute atomic E-state index is 0.0665. The number of nitrogens with one attached hydrogen (secondary N) is 1. The van der Waals surface area contributed by atoms with E-state index in [4.69, 9.17) is 27.7 Å². The van der Waals surface area contributed by atoms with Crippen LogP contribution in [0.25, 0.3) is 16.9 Å². The Labute approximate surface area is 174 Å². The van der Waals surface area contributed by atoms with Crippen molar-refractivity contribution in [1.82, 2.24) is 14.1 Å². The Morgan fingerprint density at radius 1 is 1.24 bits per heavy atom. The van der Waals surface area contributed by atoms with Gasteiger partial charge in [0.2, 0.25) is 0 Å². The summed E-state index contributed by atoms with van der Waals surface area (Å²) >= 11 is 6.49. The lowest BCUT2D eigenvalue weighted by molar-refractivity contribution is 0.518. The summed E-state index contributed by atoms with van der Waals surface area (Å²) in [7, 11) is 0. The fourth-order valence-corrected chi connectivity index (χ4v) is 4.56. The number of nitrogens with zero attached hydrogens (tertiary/aromatic N) is 4. The van der Waals surface area contributed by atoms with Crippen molar-refractivity contribution in [2.75, 3.05) is 11.4 Å². The van der Waals surface area contributed by atoms with Crippen LogP contribution in [-0.2, 0) is 6.54 Å². The second-order valence-electron chi connectivity index (χ2n) is 7.47. The molecule has 0 aliphatic carbocycles. The number of anilines is 1. The Bertz CT molecular complexity index is 1170. The number of amidine groups is 1. The van der Waals surface area contributed by atoms with Crippen LogP contribution in [0.1, 0.15) is 37.9 Å². The maximum absolute atomic E-state index is 13.3. The molecule has 0 fully saturated rings. The van der Waals surface area contributed by atoms with Crippen LogP contribution in [-0.4, -0.2) is 32.5 Å². The first-order valence-electron chi connectivity index (χ1n) is 9.91. The topological polar surface area (TPSA) is 92.9 Å². The second-order valence-corrected chi connectivity index (χ2v) is 7.88. The number of aryl methyl sites for hydroxylation is 1. The summed E-state index contributed by atoms with van der Waals surface area (Å²) in [5.74, 6) is -0.0665. The Kier molecular flexibility index (Phi) is 4.86. The number of halogens is 1. The van der Waals surface area contributed by atoms with E-state index in [-0.39, 0.29) is 11.5 Å². The van der Waals surface area contributed by atoms with Crippen molar-refractivity contribution in [2.45, 2.75) is 46.2 Å². The van der Waals surface area contributed by atoms with Crippen LogP contribution >= 0.6 is 11.6 Å². The maximum atomic E-state index is 13.3. The summed E-state index contributed by atoms with van der Waals surface area (Å²) in [5, 5.41) is 7.97. The highest BCUT2D eigenvalue weighted by Crippen LogP contribution is 2.34. The van der Waals surface area contributed by atoms with Crippen molar-refractivity contribution in [3.8, 4) is 5.69 Å². The lowest BCUT2D eigenvalue weighted by atomic mass is 10.1. The molecule has 152 valence electrons. The van der Waals surface area contributed by atoms with E-state index in [2.05, 4.69) is 24.8 Å². The minimum Gasteiger partial charge on any atom is -0.384 e. The Morgan fingerprint density at radius 2 is 1.97 bits per heavy atom. The van der Waals surface area contributed by atoms with E-state index in [1.54, 1.807) is 27.3 Å². The average Bonchev–Trinajstić information content (AvgIpc) is 2.96. The van der Waals surface area contributed by atoms with E-state index in [1.165, 1.54) is 0 Å². The number of nitrogens with two attached hydrogens (primary N) is 1. The minimum atomic E-state index is -0.152. The van der Waals surface area contributed by atoms with Crippen LogP contribution in [0, 0.1) is 12.3 Å². The van der Waals surface area contributed by atoms with Crippen molar-refractivity contribution >= 4 is 34.3 Å². The first-order chi connectivity index (χ1) is 13.9. The van der Waals surface area contributed by atoms with Gasteiger partial charge >= 0.3 is 5.69 Å². The Balaban J connectivity index is 2.00. The lowest BCUT2D eigenvalue weighted by Crippen LogP contribution is -2.41. The van der Waals surface area contributed by atoms with Crippen LogP contribution in [0.4, 0.5) is 5.69 Å². The molecule has 3 heterocycles. The SMILES string of the molecule is CCC(CC)N1CCn2c(=O)n(-c3ccc(C(=N)N)cc3Cl)c3nc(C)cc1c32. The summed E-state index contributed by atoms with van der Waals surface area (Å²) < 4.78 is 3.37. The Hall–Kier alpha value is -2.80. The van der Waals surface area contributed by atoms with Gasteiger partial charge in [-0.15, -0.1) is 0 Å². The standard InChI is InChI=1S/C21H25ClN6O/c1-4-14(5-2)26-8-9-27-18-17(26)10-12(3)25-20(18)28(21(27)29)16-7-6-13(19(23)24)11-15(16)22/h6-7,10-11,14H,4-5,8-9H2,1-3H3,(H3,23,24). The fraction of sp³-hybridized carbons (Fsp3) is 0.381. The van der Waals surface area contributed by atoms with E-state index < -0.39 is 0 Å². The summed E-state index contributed by atoms with van der Waals surface area (Å²) in [4.78, 5) is 20.5. The van der Waals surface area contributed by atoms with Gasteiger partial charge in [0.15, 0.2) is 5.65 Å². The number of imidazole rings is 1. The smallest absolute Gasteiger partial charge is 0.335 e. The molecule has 0 spiro atoms. The van der Waals surface area contributed by atoms with Crippen molar-refractivity contribution in [2.24, 2.45) is 5.73 Å². The van der Waals surface area contributed by atoms with Gasteiger partial charge in [-0.25, -0.2) is 14.3 Å². The van der Waals surface area contributed by atoms with E-state index >= 15 is 0 Å². The molecule has 29 heavy (non-hydrogen) atoms. The van der Waals surface area contributed by atoms with Crippen LogP contribution in [0.2, 0.25) is 5.02 Å². The number of aromatic nitrogens is 3. The number of rotatable bonds is 5. The third-order valence-corrected chi connectivity index (χ3v) is 6.05. The highest BCUT2D eigenvalue weighted by Gasteiger charge is 2.29. The van der Waals surface area contributed by atoms with Gasteiger partial charge in [0.1, 0.15) is 11.4 Å². The van der Waals surface area contributed by atoms with Crippen molar-refractivity contribution in [3.05, 3.63) is 51.0 Å². The monoisotopic (exact) mass is 412 g/mol. The number of benzene rings is 1. The van der Waals surface area contributed by atoms with Gasteiger partial charge in [-0.3, -0.25) is 9.98 Å². The molecule has 0 unspecified atom stereocenters. The average molecular weight is 413 g/mol. The predicted octanol–water partition coefficient (Wildman–Crippen LogP) is 3.44. The van der Waals surface area contributed by atoms with E-state index in [0.717, 1.165) is 36.3 Å². The van der Waals surface area contributed by atoms with Crippen LogP contribution in [0.15, 0.2) is 29.1 Å². The van der Waals surface area contributed by atoms with Gasteiger partial charge in [-0.05, 0) is 44.0 Å². The number of nitrogen functional groups attached to an aromatic ring is 1. The van der Waals surface area contributed by atoms with Gasteiger partial charge < -0.3 is 10.6 Å². The quantitative estimate of drug-likeness (QED) is 0.496. The molecule has 3 aromatic rings. The van der Waals surface area contributed by atoms with E-state index in [9.17, 15) is 4.79 Å². The zero-order valence-electron chi connectivity index (χ0n) is 16.9. The molecule has 0 saturated heterocycles. The van der Waals surface area contributed by atoms with Gasteiger partial charge in [-0.1, -0.05) is 25.4 Å². The van der Waals surface area contributed by atoms with Gasteiger partial charge in [-0.2, -0.15) is 0 Å². The van der Waals surface area contributed by atoms with Gasteiger partial charge in [0.25, 0.3) is 0 Å². The first-order valence-corrected chi connectivity index (χ1v) is 10.3. The molecule has 4 rings (SSSR count). The van der Waals surface area contributed by atoms with Crippen molar-refractivity contribution in [1.29, 1.82) is 5.41 Å². The zero-order chi connectivity index (χ0) is 20.9. The summed E-state index contributed by atoms with van der Waals surface area (Å²) in [5.41, 5.74) is 9.85. The fourth-order valence-electron chi connectivity index (χ4n) is 4.29. The lowest BCUT2D eigenvalue weighted by Gasteiger charge is -2.36. The van der Waals surface area contributed by atoms with E-state index in [0.29, 0.717) is 34.5 Å². The number of hydrogen-bond acceptors (Lipinski definition) is 4. The number of hydrogen-bond donors (Lipinski definition) is 2. The summed E-state index contributed by atoms with van der Waals surface area (Å²) in [6, 6.07) is 7.53. The van der Waals surface area contributed by atoms with Gasteiger partial charge in [0, 0.05) is 30.4 Å². The van der Waals surface area contributed by atoms with E-state index in [1.807, 2.05) is 6.92 Å². The maximum Gasteiger partial charge on any atom is 0.335 e. The molecule has 0 saturated carbocycles. The molecule has 1 aromatic carbocycles. The normalized spacial score (nSPS) is 13.5. The first kappa shape index (κ1) is 19.5. The molecule has 7 nitrogen and oxygen atoms in total. The molecule has 3 N–H and O–H groups in total. The molecule has 1 aliphatic rings. The summed E-state index contributed by atoms with van der Waals surface area (Å²) in [6.45, 7) is 7.74. The highest BCUT2D eigenvalue weighted by atomic mass is 35.5. The van der Waals surface area contributed by atoms with Crippen LogP contribution in [0.3, 0.4) is 0 Å². The molecule has 0 bridgehead atoms. The molecule has 0 atom stereocenters. The second kappa shape index (κ2) is 7.22. The van der Waals surface area contributed by atoms with Crippen molar-refractivity contribution in [3.63, 3.8) is 0 Å². The zero-order valence-corrected chi connectivity index (χ0v) is 17.6. The molecule has 0 amide bonds. The van der Waals surface area contributed by atoms with Crippen LogP contribution in [0.5, 0.6) is 0 Å². The summed E-state index contributed by atoms with van der Waals surface area (Å²) in [6.07, 6.45) is 2.09. The third-order valence-electron chi connectivity index (χ3n) is 5.74. The van der Waals surface area contributed by atoms with Crippen molar-refractivity contribution < 1.29 is 0 Å². The van der Waals surface area contributed by atoms with Gasteiger partial charge in [0.05, 0.1) is 16.4 Å². The molecule has 8 heteroatoms. The third kappa shape index (κ3) is 3.00. The number of pyridine rings is 1. The molecular weight excluding hydrogens is 388 g/mol. The highest BCUT2D eigenvalue weighted by molar-refractivity contribution is 6.32.